The van der Waals surface area contributed by atoms with Crippen molar-refractivity contribution in [1.29, 1.82) is 0 Å². The Kier molecular flexibility index (Phi) is 8.88. The van der Waals surface area contributed by atoms with Gasteiger partial charge in [0.15, 0.2) is 0 Å². The zero-order chi connectivity index (χ0) is 22.9. The molecule has 174 valence electrons. The average Bonchev–Trinajstić information content (AvgIpc) is 2.73. The van der Waals surface area contributed by atoms with E-state index in [0.717, 1.165) is 6.42 Å². The third kappa shape index (κ3) is 6.93. The summed E-state index contributed by atoms with van der Waals surface area (Å²) in [4.78, 5) is 24.8. The van der Waals surface area contributed by atoms with Crippen LogP contribution in [0.5, 0.6) is 5.75 Å². The number of hydrogen-bond donors (Lipinski definition) is 3. The molecule has 2 aliphatic heterocycles. The van der Waals surface area contributed by atoms with Crippen molar-refractivity contribution in [1.82, 2.24) is 5.32 Å². The lowest BCUT2D eigenvalue weighted by Gasteiger charge is -2.36. The predicted octanol–water partition coefficient (Wildman–Crippen LogP) is 3.54. The minimum absolute atomic E-state index is 0.0784. The number of fused-ring (bicyclic) bond motifs is 3. The SMILES string of the molecule is CC/C=C\CCC(=O)N/C=C/CC1CC2CC(O)CC(Cc3cccc(O)c3C(=O)O1)O2. The van der Waals surface area contributed by atoms with Crippen LogP contribution in [0.25, 0.3) is 0 Å². The quantitative estimate of drug-likeness (QED) is 0.440. The van der Waals surface area contributed by atoms with Crippen LogP contribution in [0.3, 0.4) is 0 Å². The van der Waals surface area contributed by atoms with Crippen LogP contribution in [0.2, 0.25) is 0 Å². The maximum absolute atomic E-state index is 12.9. The van der Waals surface area contributed by atoms with E-state index in [9.17, 15) is 19.8 Å². The van der Waals surface area contributed by atoms with Gasteiger partial charge in [-0.05, 0) is 49.9 Å². The lowest BCUT2D eigenvalue weighted by atomic mass is 9.91. The van der Waals surface area contributed by atoms with Gasteiger partial charge < -0.3 is 25.0 Å². The standard InChI is InChI=1S/C25H33NO6/c1-2-3-4-5-11-23(29)26-12-7-9-19-16-21-15-18(27)14-20(31-21)13-17-8-6-10-22(28)24(17)25(30)32-19/h3-4,6-8,10,12,18-21,27-28H,2,5,9,11,13-16H2,1H3,(H,26,29)/b4-3-,12-7+. The number of carbonyl (C=O) groups is 2. The number of amides is 1. The first-order valence-corrected chi connectivity index (χ1v) is 11.4. The van der Waals surface area contributed by atoms with E-state index in [4.69, 9.17) is 9.47 Å². The molecular formula is C25H33NO6. The van der Waals surface area contributed by atoms with Crippen molar-refractivity contribution >= 4 is 11.9 Å². The summed E-state index contributed by atoms with van der Waals surface area (Å²) in [6.07, 6.45) is 10.2. The Morgan fingerprint density at radius 2 is 2.00 bits per heavy atom. The Labute approximate surface area is 189 Å². The number of nitrogens with one attached hydrogen (secondary N) is 1. The molecule has 4 unspecified atom stereocenters. The maximum atomic E-state index is 12.9. The van der Waals surface area contributed by atoms with Gasteiger partial charge in [0.25, 0.3) is 0 Å². The number of carbonyl (C=O) groups excluding carboxylic acids is 2. The molecule has 0 aromatic heterocycles. The van der Waals surface area contributed by atoms with Crippen molar-refractivity contribution in [3.8, 4) is 5.75 Å². The number of rotatable bonds is 7. The molecule has 2 aliphatic rings. The highest BCUT2D eigenvalue weighted by Gasteiger charge is 2.34. The molecular weight excluding hydrogens is 410 g/mol. The van der Waals surface area contributed by atoms with Gasteiger partial charge in [-0.15, -0.1) is 0 Å². The van der Waals surface area contributed by atoms with Gasteiger partial charge in [-0.25, -0.2) is 4.79 Å². The molecule has 2 heterocycles. The van der Waals surface area contributed by atoms with Crippen molar-refractivity contribution < 1.29 is 29.3 Å². The number of allylic oxidation sites excluding steroid dienone is 2. The van der Waals surface area contributed by atoms with Gasteiger partial charge in [0, 0.05) is 19.3 Å². The molecule has 0 aliphatic carbocycles. The van der Waals surface area contributed by atoms with E-state index in [2.05, 4.69) is 5.32 Å². The lowest BCUT2D eigenvalue weighted by Crippen LogP contribution is -2.40. The zero-order valence-electron chi connectivity index (χ0n) is 18.5. The van der Waals surface area contributed by atoms with E-state index in [1.807, 2.05) is 19.1 Å². The number of phenols is 1. The molecule has 0 spiro atoms. The van der Waals surface area contributed by atoms with Gasteiger partial charge in [0.1, 0.15) is 17.4 Å². The van der Waals surface area contributed by atoms with Crippen LogP contribution in [-0.4, -0.2) is 46.5 Å². The van der Waals surface area contributed by atoms with Crippen LogP contribution in [0, 0.1) is 0 Å². The van der Waals surface area contributed by atoms with Crippen LogP contribution in [0.15, 0.2) is 42.6 Å². The molecule has 1 fully saturated rings. The Hall–Kier alpha value is -2.64. The number of ether oxygens (including phenoxy) is 2. The second-order valence-corrected chi connectivity index (χ2v) is 8.41. The van der Waals surface area contributed by atoms with E-state index >= 15 is 0 Å². The highest BCUT2D eigenvalue weighted by atomic mass is 16.5. The monoisotopic (exact) mass is 443 g/mol. The summed E-state index contributed by atoms with van der Waals surface area (Å²) in [6, 6.07) is 4.92. The molecule has 3 N–H and O–H groups in total. The molecule has 1 aromatic carbocycles. The van der Waals surface area contributed by atoms with Gasteiger partial charge in [-0.3, -0.25) is 4.79 Å². The zero-order valence-corrected chi connectivity index (χ0v) is 18.5. The fourth-order valence-electron chi connectivity index (χ4n) is 4.25. The van der Waals surface area contributed by atoms with E-state index < -0.39 is 18.2 Å². The van der Waals surface area contributed by atoms with Crippen molar-refractivity contribution in [3.63, 3.8) is 0 Å². The number of aliphatic hydroxyl groups excluding tert-OH is 1. The molecule has 0 saturated carbocycles. The summed E-state index contributed by atoms with van der Waals surface area (Å²) >= 11 is 0. The van der Waals surface area contributed by atoms with Crippen molar-refractivity contribution in [2.45, 2.75) is 82.7 Å². The van der Waals surface area contributed by atoms with Gasteiger partial charge in [-0.2, -0.15) is 0 Å². The van der Waals surface area contributed by atoms with E-state index in [-0.39, 0.29) is 29.4 Å². The van der Waals surface area contributed by atoms with Gasteiger partial charge >= 0.3 is 5.97 Å². The van der Waals surface area contributed by atoms with Crippen molar-refractivity contribution in [2.75, 3.05) is 0 Å². The summed E-state index contributed by atoms with van der Waals surface area (Å²) in [7, 11) is 0. The van der Waals surface area contributed by atoms with Gasteiger partial charge in [0.05, 0.1) is 18.3 Å². The molecule has 7 heteroatoms. The van der Waals surface area contributed by atoms with Crippen LogP contribution >= 0.6 is 0 Å². The van der Waals surface area contributed by atoms with Crippen LogP contribution in [0.4, 0.5) is 0 Å². The Bertz CT molecular complexity index is 849. The Morgan fingerprint density at radius 1 is 1.19 bits per heavy atom. The van der Waals surface area contributed by atoms with Crippen LogP contribution < -0.4 is 5.32 Å². The summed E-state index contributed by atoms with van der Waals surface area (Å²) in [6.45, 7) is 2.05. The Morgan fingerprint density at radius 3 is 2.81 bits per heavy atom. The number of esters is 1. The summed E-state index contributed by atoms with van der Waals surface area (Å²) in [5.74, 6) is -0.770. The minimum Gasteiger partial charge on any atom is -0.507 e. The highest BCUT2D eigenvalue weighted by Crippen LogP contribution is 2.32. The summed E-state index contributed by atoms with van der Waals surface area (Å²) < 4.78 is 11.9. The average molecular weight is 444 g/mol. The lowest BCUT2D eigenvalue weighted by molar-refractivity contribution is -0.120. The number of cyclic esters (lactones) is 1. The van der Waals surface area contributed by atoms with E-state index in [0.29, 0.717) is 50.5 Å². The Balaban J connectivity index is 1.67. The number of aliphatic hydroxyl groups is 1. The molecule has 4 atom stereocenters. The van der Waals surface area contributed by atoms with E-state index in [1.165, 1.54) is 6.07 Å². The molecule has 1 amide bonds. The molecule has 0 radical (unpaired) electrons. The molecule has 7 nitrogen and oxygen atoms in total. The first kappa shape index (κ1) is 24.0. The summed E-state index contributed by atoms with van der Waals surface area (Å²) in [5, 5.41) is 23.3. The van der Waals surface area contributed by atoms with Crippen LogP contribution in [0.1, 0.15) is 67.8 Å². The highest BCUT2D eigenvalue weighted by molar-refractivity contribution is 5.94. The molecule has 2 bridgehead atoms. The van der Waals surface area contributed by atoms with Crippen molar-refractivity contribution in [2.24, 2.45) is 0 Å². The topological polar surface area (TPSA) is 105 Å². The normalized spacial score (nSPS) is 26.0. The number of benzene rings is 1. The molecule has 1 saturated heterocycles. The predicted molar refractivity (Wildman–Crippen MR) is 120 cm³/mol. The minimum atomic E-state index is -0.566. The molecule has 32 heavy (non-hydrogen) atoms. The van der Waals surface area contributed by atoms with Crippen LogP contribution in [-0.2, 0) is 20.7 Å². The second-order valence-electron chi connectivity index (χ2n) is 8.41. The maximum Gasteiger partial charge on any atom is 0.342 e. The molecule has 1 aromatic rings. The van der Waals surface area contributed by atoms with Gasteiger partial charge in [-0.1, -0.05) is 37.3 Å². The first-order valence-electron chi connectivity index (χ1n) is 11.4. The number of aromatic hydroxyl groups is 1. The summed E-state index contributed by atoms with van der Waals surface area (Å²) in [5.41, 5.74) is 0.797. The first-order chi connectivity index (χ1) is 15.5. The van der Waals surface area contributed by atoms with E-state index in [1.54, 1.807) is 24.4 Å². The fourth-order valence-corrected chi connectivity index (χ4v) is 4.25. The van der Waals surface area contributed by atoms with Gasteiger partial charge in [0.2, 0.25) is 5.91 Å². The third-order valence-corrected chi connectivity index (χ3v) is 5.74. The molecule has 3 rings (SSSR count). The fraction of sp³-hybridized carbons (Fsp3) is 0.520. The third-order valence-electron chi connectivity index (χ3n) is 5.74. The smallest absolute Gasteiger partial charge is 0.342 e. The second kappa shape index (κ2) is 11.8. The van der Waals surface area contributed by atoms with Crippen molar-refractivity contribution in [3.05, 3.63) is 53.8 Å². The largest absolute Gasteiger partial charge is 0.507 e. The number of hydrogen-bond acceptors (Lipinski definition) is 6. The number of phenolic OH excluding ortho intramolecular Hbond substituents is 1.